The number of rotatable bonds is 6. The standard InChI is InChI=1S/C20H33N3O2/c1-13(2)19-22-20(25-23-19)18(15-8-10-24-11-9-15)21-17-5-3-4-16(12-17)14-6-7-14/h13-18,21H,3-12H2,1-2H3/t16-,17+,18+/m0/s1. The number of ether oxygens (including phenoxy) is 1. The Hall–Kier alpha value is -0.940. The minimum absolute atomic E-state index is 0.187. The van der Waals surface area contributed by atoms with Crippen molar-refractivity contribution in [2.75, 3.05) is 13.2 Å². The van der Waals surface area contributed by atoms with E-state index in [1.54, 1.807) is 0 Å². The van der Waals surface area contributed by atoms with Gasteiger partial charge in [-0.05, 0) is 56.3 Å². The second-order valence-electron chi connectivity index (χ2n) is 8.70. The molecule has 25 heavy (non-hydrogen) atoms. The van der Waals surface area contributed by atoms with Crippen LogP contribution in [0.15, 0.2) is 4.52 Å². The normalized spacial score (nSPS) is 29.9. The van der Waals surface area contributed by atoms with Crippen LogP contribution in [0.25, 0.3) is 0 Å². The predicted octanol–water partition coefficient (Wildman–Crippen LogP) is 4.22. The third kappa shape index (κ3) is 4.25. The molecule has 0 amide bonds. The first kappa shape index (κ1) is 17.5. The molecule has 1 aromatic heterocycles. The van der Waals surface area contributed by atoms with Gasteiger partial charge in [0.15, 0.2) is 5.82 Å². The molecule has 2 aliphatic carbocycles. The minimum atomic E-state index is 0.187. The summed E-state index contributed by atoms with van der Waals surface area (Å²) < 4.78 is 11.3. The predicted molar refractivity (Wildman–Crippen MR) is 96.3 cm³/mol. The molecule has 3 atom stereocenters. The molecule has 0 unspecified atom stereocenters. The van der Waals surface area contributed by atoms with E-state index in [0.717, 1.165) is 49.6 Å². The maximum Gasteiger partial charge on any atom is 0.244 e. The van der Waals surface area contributed by atoms with Gasteiger partial charge in [0.1, 0.15) is 0 Å². The third-order valence-electron chi connectivity index (χ3n) is 6.40. The van der Waals surface area contributed by atoms with Gasteiger partial charge in [-0.2, -0.15) is 4.98 Å². The van der Waals surface area contributed by atoms with Crippen molar-refractivity contribution in [2.24, 2.45) is 17.8 Å². The fraction of sp³-hybridized carbons (Fsp3) is 0.900. The topological polar surface area (TPSA) is 60.2 Å². The second-order valence-corrected chi connectivity index (χ2v) is 8.70. The zero-order valence-corrected chi connectivity index (χ0v) is 15.7. The van der Waals surface area contributed by atoms with E-state index in [-0.39, 0.29) is 6.04 Å². The van der Waals surface area contributed by atoms with Crippen LogP contribution in [-0.2, 0) is 4.74 Å². The zero-order chi connectivity index (χ0) is 17.2. The van der Waals surface area contributed by atoms with E-state index >= 15 is 0 Å². The number of hydrogen-bond donors (Lipinski definition) is 1. The quantitative estimate of drug-likeness (QED) is 0.835. The molecule has 0 bridgehead atoms. The lowest BCUT2D eigenvalue weighted by molar-refractivity contribution is 0.0447. The Morgan fingerprint density at radius 3 is 2.48 bits per heavy atom. The Balaban J connectivity index is 1.47. The molecular weight excluding hydrogens is 314 g/mol. The second kappa shape index (κ2) is 7.75. The van der Waals surface area contributed by atoms with E-state index in [0.29, 0.717) is 17.9 Å². The molecule has 4 rings (SSSR count). The molecule has 5 heteroatoms. The molecule has 2 saturated carbocycles. The van der Waals surface area contributed by atoms with Gasteiger partial charge < -0.3 is 14.6 Å². The average molecular weight is 348 g/mol. The fourth-order valence-electron chi connectivity index (χ4n) is 4.69. The van der Waals surface area contributed by atoms with Gasteiger partial charge in [-0.3, -0.25) is 0 Å². The van der Waals surface area contributed by atoms with Crippen LogP contribution in [-0.4, -0.2) is 29.4 Å². The molecule has 3 fully saturated rings. The molecule has 0 spiro atoms. The van der Waals surface area contributed by atoms with Gasteiger partial charge in [0.2, 0.25) is 5.89 Å². The Bertz CT molecular complexity index is 549. The van der Waals surface area contributed by atoms with Gasteiger partial charge in [0.05, 0.1) is 6.04 Å². The van der Waals surface area contributed by atoms with Gasteiger partial charge in [-0.15, -0.1) is 0 Å². The van der Waals surface area contributed by atoms with Crippen LogP contribution in [0.2, 0.25) is 0 Å². The van der Waals surface area contributed by atoms with E-state index in [1.165, 1.54) is 38.5 Å². The first-order chi connectivity index (χ1) is 12.2. The first-order valence-corrected chi connectivity index (χ1v) is 10.4. The summed E-state index contributed by atoms with van der Waals surface area (Å²) in [7, 11) is 0. The summed E-state index contributed by atoms with van der Waals surface area (Å²) in [5.74, 6) is 4.42. The number of nitrogens with zero attached hydrogens (tertiary/aromatic N) is 2. The third-order valence-corrected chi connectivity index (χ3v) is 6.40. The Morgan fingerprint density at radius 1 is 1.00 bits per heavy atom. The van der Waals surface area contributed by atoms with E-state index in [2.05, 4.69) is 24.3 Å². The average Bonchev–Trinajstić information content (AvgIpc) is 3.37. The van der Waals surface area contributed by atoms with Crippen molar-refractivity contribution >= 4 is 0 Å². The summed E-state index contributed by atoms with van der Waals surface area (Å²) in [5, 5.41) is 8.18. The SMILES string of the molecule is CC(C)c1noc([C@H](N[C@@H]2CCC[C@H](C3CC3)C2)C2CCOCC2)n1. The van der Waals surface area contributed by atoms with Crippen molar-refractivity contribution in [2.45, 2.75) is 83.2 Å². The maximum atomic E-state index is 5.71. The fourth-order valence-corrected chi connectivity index (χ4v) is 4.69. The van der Waals surface area contributed by atoms with Crippen LogP contribution >= 0.6 is 0 Å². The highest BCUT2D eigenvalue weighted by Crippen LogP contribution is 2.44. The van der Waals surface area contributed by atoms with Crippen LogP contribution in [0.4, 0.5) is 0 Å². The smallest absolute Gasteiger partial charge is 0.244 e. The van der Waals surface area contributed by atoms with Gasteiger partial charge in [-0.25, -0.2) is 0 Å². The highest BCUT2D eigenvalue weighted by molar-refractivity contribution is 5.00. The Morgan fingerprint density at radius 2 is 1.80 bits per heavy atom. The van der Waals surface area contributed by atoms with E-state index in [4.69, 9.17) is 14.2 Å². The summed E-state index contributed by atoms with van der Waals surface area (Å²) >= 11 is 0. The largest absolute Gasteiger partial charge is 0.381 e. The van der Waals surface area contributed by atoms with Crippen molar-refractivity contribution in [3.63, 3.8) is 0 Å². The lowest BCUT2D eigenvalue weighted by Gasteiger charge is -2.35. The summed E-state index contributed by atoms with van der Waals surface area (Å²) in [5.41, 5.74) is 0. The first-order valence-electron chi connectivity index (χ1n) is 10.4. The summed E-state index contributed by atoms with van der Waals surface area (Å²) in [6.45, 7) is 5.94. The molecule has 1 saturated heterocycles. The zero-order valence-electron chi connectivity index (χ0n) is 15.7. The summed E-state index contributed by atoms with van der Waals surface area (Å²) in [6.07, 6.45) is 10.5. The molecule has 2 heterocycles. The minimum Gasteiger partial charge on any atom is -0.381 e. The van der Waals surface area contributed by atoms with Gasteiger partial charge in [-0.1, -0.05) is 31.8 Å². The van der Waals surface area contributed by atoms with Gasteiger partial charge in [0, 0.05) is 25.2 Å². The summed E-state index contributed by atoms with van der Waals surface area (Å²) in [6, 6.07) is 0.786. The molecule has 1 N–H and O–H groups in total. The maximum absolute atomic E-state index is 5.71. The van der Waals surface area contributed by atoms with Crippen LogP contribution in [0.3, 0.4) is 0 Å². The number of aromatic nitrogens is 2. The van der Waals surface area contributed by atoms with Crippen LogP contribution in [0, 0.1) is 17.8 Å². The number of hydrogen-bond acceptors (Lipinski definition) is 5. The molecule has 0 radical (unpaired) electrons. The highest BCUT2D eigenvalue weighted by atomic mass is 16.5. The molecule has 3 aliphatic rings. The molecule has 1 aromatic rings. The van der Waals surface area contributed by atoms with Crippen molar-refractivity contribution in [3.8, 4) is 0 Å². The Kier molecular flexibility index (Phi) is 5.41. The molecule has 0 aromatic carbocycles. The number of nitrogens with one attached hydrogen (secondary N) is 1. The molecular formula is C20H33N3O2. The summed E-state index contributed by atoms with van der Waals surface area (Å²) in [4.78, 5) is 4.74. The Labute approximate surface area is 151 Å². The van der Waals surface area contributed by atoms with E-state index in [9.17, 15) is 0 Å². The molecule has 1 aliphatic heterocycles. The molecule has 140 valence electrons. The van der Waals surface area contributed by atoms with Crippen LogP contribution in [0.5, 0.6) is 0 Å². The van der Waals surface area contributed by atoms with Crippen molar-refractivity contribution < 1.29 is 9.26 Å². The monoisotopic (exact) mass is 347 g/mol. The van der Waals surface area contributed by atoms with Crippen molar-refractivity contribution in [3.05, 3.63) is 11.7 Å². The van der Waals surface area contributed by atoms with E-state index in [1.807, 2.05) is 0 Å². The lowest BCUT2D eigenvalue weighted by atomic mass is 9.81. The van der Waals surface area contributed by atoms with Gasteiger partial charge in [0.25, 0.3) is 0 Å². The van der Waals surface area contributed by atoms with Crippen molar-refractivity contribution in [1.29, 1.82) is 0 Å². The lowest BCUT2D eigenvalue weighted by Crippen LogP contribution is -2.41. The van der Waals surface area contributed by atoms with Crippen LogP contribution in [0.1, 0.15) is 88.9 Å². The highest BCUT2D eigenvalue weighted by Gasteiger charge is 2.37. The van der Waals surface area contributed by atoms with Crippen LogP contribution < -0.4 is 5.32 Å². The van der Waals surface area contributed by atoms with Crippen molar-refractivity contribution in [1.82, 2.24) is 15.5 Å². The van der Waals surface area contributed by atoms with E-state index < -0.39 is 0 Å². The molecule has 5 nitrogen and oxygen atoms in total. The van der Waals surface area contributed by atoms with Gasteiger partial charge >= 0.3 is 0 Å².